The molecule has 3 aromatic rings. The van der Waals surface area contributed by atoms with Crippen LogP contribution in [-0.4, -0.2) is 57.2 Å². The smallest absolute Gasteiger partial charge is 0.233 e. The summed E-state index contributed by atoms with van der Waals surface area (Å²) in [6.45, 7) is 3.54. The zero-order chi connectivity index (χ0) is 21.7. The number of aromatic nitrogens is 1. The predicted octanol–water partition coefficient (Wildman–Crippen LogP) is 4.15. The number of hydrogen-bond donors (Lipinski definition) is 0. The molecule has 0 bridgehead atoms. The monoisotopic (exact) mass is 427 g/mol. The van der Waals surface area contributed by atoms with Gasteiger partial charge < -0.3 is 14.4 Å². The lowest BCUT2D eigenvalue weighted by molar-refractivity contribution is -0.118. The Morgan fingerprint density at radius 2 is 1.80 bits per heavy atom. The van der Waals surface area contributed by atoms with Crippen LogP contribution in [0.5, 0.6) is 11.5 Å². The minimum Gasteiger partial charge on any atom is -0.495 e. The summed E-state index contributed by atoms with van der Waals surface area (Å²) in [5.74, 6) is 1.44. The van der Waals surface area contributed by atoms with Crippen LogP contribution in [0.25, 0.3) is 10.2 Å². The van der Waals surface area contributed by atoms with Gasteiger partial charge in [-0.2, -0.15) is 0 Å². The van der Waals surface area contributed by atoms with Gasteiger partial charge in [-0.3, -0.25) is 9.69 Å². The topological polar surface area (TPSA) is 54.9 Å². The van der Waals surface area contributed by atoms with E-state index in [0.29, 0.717) is 23.8 Å². The number of carbonyl (C=O) groups is 1. The highest BCUT2D eigenvalue weighted by molar-refractivity contribution is 7.22. The highest BCUT2D eigenvalue weighted by atomic mass is 32.1. The molecule has 0 aliphatic heterocycles. The summed E-state index contributed by atoms with van der Waals surface area (Å²) in [5, 5.41) is 0.671. The van der Waals surface area contributed by atoms with Gasteiger partial charge in [0.2, 0.25) is 5.91 Å². The first-order chi connectivity index (χ1) is 14.4. The van der Waals surface area contributed by atoms with Crippen LogP contribution in [0.4, 0.5) is 5.13 Å². The molecule has 0 radical (unpaired) electrons. The molecule has 1 aromatic heterocycles. The van der Waals surface area contributed by atoms with Crippen LogP contribution in [0.2, 0.25) is 0 Å². The van der Waals surface area contributed by atoms with E-state index in [1.165, 1.54) is 11.3 Å². The Balaban J connectivity index is 1.95. The Kier molecular flexibility index (Phi) is 7.29. The quantitative estimate of drug-likeness (QED) is 0.514. The van der Waals surface area contributed by atoms with Crippen LogP contribution < -0.4 is 14.4 Å². The lowest BCUT2D eigenvalue weighted by Gasteiger charge is -2.21. The second-order valence-corrected chi connectivity index (χ2v) is 8.49. The van der Waals surface area contributed by atoms with Crippen molar-refractivity contribution in [3.05, 3.63) is 47.5 Å². The standard InChI is InChI=1S/C23H29N3O3S/c1-16-8-6-9-17(14-16)15-20(27)26(13-7-12-25(2)3)23-24-21-18(28-4)10-11-19(29-5)22(21)30-23/h6,8-11,14H,7,12-13,15H2,1-5H3. The second kappa shape index (κ2) is 9.91. The first kappa shape index (κ1) is 22.1. The number of anilines is 1. The molecule has 0 aliphatic carbocycles. The Morgan fingerprint density at radius 3 is 2.47 bits per heavy atom. The molecular weight excluding hydrogens is 398 g/mol. The number of methoxy groups -OCH3 is 2. The molecule has 0 N–H and O–H groups in total. The van der Waals surface area contributed by atoms with Gasteiger partial charge in [-0.15, -0.1) is 0 Å². The van der Waals surface area contributed by atoms with Crippen molar-refractivity contribution >= 4 is 32.6 Å². The van der Waals surface area contributed by atoms with E-state index in [2.05, 4.69) is 11.0 Å². The molecule has 0 atom stereocenters. The van der Waals surface area contributed by atoms with Gasteiger partial charge in [0.25, 0.3) is 0 Å². The average molecular weight is 428 g/mol. The number of thiazole rings is 1. The predicted molar refractivity (Wildman–Crippen MR) is 123 cm³/mol. The third-order valence-electron chi connectivity index (χ3n) is 4.86. The zero-order valence-electron chi connectivity index (χ0n) is 18.3. The molecule has 0 spiro atoms. The maximum Gasteiger partial charge on any atom is 0.233 e. The van der Waals surface area contributed by atoms with E-state index in [9.17, 15) is 4.79 Å². The molecule has 3 rings (SSSR count). The number of aryl methyl sites for hydroxylation is 1. The summed E-state index contributed by atoms with van der Waals surface area (Å²) in [6.07, 6.45) is 1.20. The lowest BCUT2D eigenvalue weighted by Crippen LogP contribution is -2.34. The summed E-state index contributed by atoms with van der Waals surface area (Å²) < 4.78 is 11.9. The van der Waals surface area contributed by atoms with Crippen molar-refractivity contribution in [1.29, 1.82) is 0 Å². The fourth-order valence-corrected chi connectivity index (χ4v) is 4.47. The van der Waals surface area contributed by atoms with Gasteiger partial charge in [0.05, 0.1) is 20.6 Å². The van der Waals surface area contributed by atoms with Crippen LogP contribution >= 0.6 is 11.3 Å². The Labute approximate surface area is 182 Å². The lowest BCUT2D eigenvalue weighted by atomic mass is 10.1. The van der Waals surface area contributed by atoms with Crippen LogP contribution in [-0.2, 0) is 11.2 Å². The molecule has 0 aliphatic rings. The van der Waals surface area contributed by atoms with Gasteiger partial charge in [0, 0.05) is 6.54 Å². The fourth-order valence-electron chi connectivity index (χ4n) is 3.35. The van der Waals surface area contributed by atoms with E-state index in [-0.39, 0.29) is 5.91 Å². The molecule has 1 amide bonds. The number of benzene rings is 2. The third kappa shape index (κ3) is 5.09. The number of nitrogens with zero attached hydrogens (tertiary/aromatic N) is 3. The summed E-state index contributed by atoms with van der Waals surface area (Å²) in [4.78, 5) is 22.0. The van der Waals surface area contributed by atoms with Crippen molar-refractivity contribution in [1.82, 2.24) is 9.88 Å². The number of amides is 1. The highest BCUT2D eigenvalue weighted by Crippen LogP contribution is 2.40. The van der Waals surface area contributed by atoms with E-state index in [1.807, 2.05) is 51.4 Å². The minimum absolute atomic E-state index is 0.0383. The molecular formula is C23H29N3O3S. The van der Waals surface area contributed by atoms with Crippen LogP contribution in [0, 0.1) is 6.92 Å². The van der Waals surface area contributed by atoms with Crippen molar-refractivity contribution in [2.75, 3.05) is 46.3 Å². The van der Waals surface area contributed by atoms with Gasteiger partial charge in [-0.1, -0.05) is 41.2 Å². The van der Waals surface area contributed by atoms with E-state index in [4.69, 9.17) is 14.5 Å². The average Bonchev–Trinajstić information content (AvgIpc) is 3.15. The summed E-state index contributed by atoms with van der Waals surface area (Å²) in [6, 6.07) is 11.8. The molecule has 7 heteroatoms. The van der Waals surface area contributed by atoms with Gasteiger partial charge in [-0.05, 0) is 51.7 Å². The molecule has 30 heavy (non-hydrogen) atoms. The molecule has 6 nitrogen and oxygen atoms in total. The Bertz CT molecular complexity index is 975. The maximum atomic E-state index is 13.3. The highest BCUT2D eigenvalue weighted by Gasteiger charge is 2.22. The second-order valence-electron chi connectivity index (χ2n) is 7.51. The van der Waals surface area contributed by atoms with Crippen molar-refractivity contribution < 1.29 is 14.3 Å². The number of hydrogen-bond acceptors (Lipinski definition) is 6. The summed E-state index contributed by atoms with van der Waals surface area (Å²) >= 11 is 1.46. The van der Waals surface area contributed by atoms with Crippen molar-refractivity contribution in [3.8, 4) is 11.5 Å². The normalized spacial score (nSPS) is 11.1. The van der Waals surface area contributed by atoms with Crippen molar-refractivity contribution in [2.24, 2.45) is 0 Å². The fraction of sp³-hybridized carbons (Fsp3) is 0.391. The Morgan fingerprint density at radius 1 is 1.07 bits per heavy atom. The molecule has 0 fully saturated rings. The number of carbonyl (C=O) groups excluding carboxylic acids is 1. The molecule has 1 heterocycles. The van der Waals surface area contributed by atoms with Crippen molar-refractivity contribution in [3.63, 3.8) is 0 Å². The van der Waals surface area contributed by atoms with E-state index >= 15 is 0 Å². The SMILES string of the molecule is COc1ccc(OC)c2sc(N(CCCN(C)C)C(=O)Cc3cccc(C)c3)nc12. The molecule has 0 unspecified atom stereocenters. The largest absolute Gasteiger partial charge is 0.495 e. The molecule has 0 saturated heterocycles. The van der Waals surface area contributed by atoms with Gasteiger partial charge >= 0.3 is 0 Å². The molecule has 0 saturated carbocycles. The minimum atomic E-state index is 0.0383. The number of fused-ring (bicyclic) bond motifs is 1. The van der Waals surface area contributed by atoms with Crippen molar-refractivity contribution in [2.45, 2.75) is 19.8 Å². The Hall–Kier alpha value is -2.64. The third-order valence-corrected chi connectivity index (χ3v) is 5.95. The van der Waals surface area contributed by atoms with E-state index in [1.54, 1.807) is 19.1 Å². The van der Waals surface area contributed by atoms with E-state index in [0.717, 1.165) is 40.1 Å². The zero-order valence-corrected chi connectivity index (χ0v) is 19.1. The maximum absolute atomic E-state index is 13.3. The molecule has 2 aromatic carbocycles. The summed E-state index contributed by atoms with van der Waals surface area (Å²) in [7, 11) is 7.33. The molecule has 160 valence electrons. The number of rotatable bonds is 9. The van der Waals surface area contributed by atoms with Crippen LogP contribution in [0.1, 0.15) is 17.5 Å². The van der Waals surface area contributed by atoms with E-state index < -0.39 is 0 Å². The van der Waals surface area contributed by atoms with Gasteiger partial charge in [0.1, 0.15) is 21.7 Å². The first-order valence-corrected chi connectivity index (χ1v) is 10.8. The number of ether oxygens (including phenoxy) is 2. The van der Waals surface area contributed by atoms with Crippen LogP contribution in [0.15, 0.2) is 36.4 Å². The van der Waals surface area contributed by atoms with Gasteiger partial charge in [0.15, 0.2) is 5.13 Å². The van der Waals surface area contributed by atoms with Gasteiger partial charge in [-0.25, -0.2) is 4.98 Å². The summed E-state index contributed by atoms with van der Waals surface area (Å²) in [5.41, 5.74) is 2.88. The van der Waals surface area contributed by atoms with Crippen LogP contribution in [0.3, 0.4) is 0 Å². The first-order valence-electron chi connectivity index (χ1n) is 9.95.